The van der Waals surface area contributed by atoms with Crippen molar-refractivity contribution in [3.05, 3.63) is 0 Å². The van der Waals surface area contributed by atoms with Gasteiger partial charge in [-0.3, -0.25) is 0 Å². The van der Waals surface area contributed by atoms with E-state index in [2.05, 4.69) is 6.92 Å². The molecule has 2 fully saturated rings. The van der Waals surface area contributed by atoms with Gasteiger partial charge in [0.15, 0.2) is 0 Å². The van der Waals surface area contributed by atoms with Crippen LogP contribution in [0.15, 0.2) is 0 Å². The van der Waals surface area contributed by atoms with Crippen molar-refractivity contribution in [2.45, 2.75) is 38.4 Å². The molecule has 0 saturated carbocycles. The number of hydrogen-bond donors (Lipinski definition) is 1. The van der Waals surface area contributed by atoms with Gasteiger partial charge in [-0.1, -0.05) is 6.92 Å². The average Bonchev–Trinajstić information content (AvgIpc) is 2.62. The molecule has 0 amide bonds. The van der Waals surface area contributed by atoms with Crippen molar-refractivity contribution < 1.29 is 4.74 Å². The Hall–Kier alpha value is -0.0800. The van der Waals surface area contributed by atoms with Crippen LogP contribution in [0.5, 0.6) is 0 Å². The van der Waals surface area contributed by atoms with Crippen LogP contribution < -0.4 is 5.73 Å². The Bertz CT molecular complexity index is 148. The highest BCUT2D eigenvalue weighted by atomic mass is 16.5. The molecule has 2 aliphatic heterocycles. The fraction of sp³-hybridized carbons (Fsp3) is 1.00. The summed E-state index contributed by atoms with van der Waals surface area (Å²) in [5.74, 6) is 1.42. The summed E-state index contributed by atoms with van der Waals surface area (Å²) >= 11 is 0. The van der Waals surface area contributed by atoms with Gasteiger partial charge in [0.25, 0.3) is 0 Å². The molecule has 2 N–H and O–H groups in total. The van der Waals surface area contributed by atoms with Gasteiger partial charge in [-0.2, -0.15) is 0 Å². The van der Waals surface area contributed by atoms with Crippen LogP contribution in [0, 0.1) is 11.8 Å². The molecular weight excluding hydrogens is 138 g/mol. The normalized spacial score (nSPS) is 44.7. The molecule has 2 nitrogen and oxygen atoms in total. The summed E-state index contributed by atoms with van der Waals surface area (Å²) in [5.41, 5.74) is 5.63. The monoisotopic (exact) mass is 155 g/mol. The number of fused-ring (bicyclic) bond motifs is 2. The first-order chi connectivity index (χ1) is 5.31. The molecule has 64 valence electrons. The average molecular weight is 155 g/mol. The van der Waals surface area contributed by atoms with Crippen LogP contribution in [0.25, 0.3) is 0 Å². The van der Waals surface area contributed by atoms with E-state index in [4.69, 9.17) is 10.5 Å². The van der Waals surface area contributed by atoms with E-state index in [1.165, 1.54) is 19.3 Å². The summed E-state index contributed by atoms with van der Waals surface area (Å²) in [4.78, 5) is 0. The fourth-order valence-corrected chi connectivity index (χ4v) is 2.45. The molecule has 0 radical (unpaired) electrons. The summed E-state index contributed by atoms with van der Waals surface area (Å²) in [6.07, 6.45) is 4.97. The molecule has 0 aromatic heterocycles. The Labute approximate surface area is 68.1 Å². The van der Waals surface area contributed by atoms with Gasteiger partial charge in [-0.15, -0.1) is 0 Å². The van der Waals surface area contributed by atoms with Crippen molar-refractivity contribution in [2.24, 2.45) is 17.6 Å². The lowest BCUT2D eigenvalue weighted by Gasteiger charge is -2.23. The molecule has 2 aliphatic rings. The summed E-state index contributed by atoms with van der Waals surface area (Å²) < 4.78 is 5.75. The predicted octanol–water partition coefficient (Wildman–Crippen LogP) is 1.15. The molecule has 2 heteroatoms. The zero-order chi connectivity index (χ0) is 7.84. The summed E-state index contributed by atoms with van der Waals surface area (Å²) in [6.45, 7) is 3.06. The zero-order valence-electron chi connectivity index (χ0n) is 7.12. The van der Waals surface area contributed by atoms with Crippen molar-refractivity contribution in [1.29, 1.82) is 0 Å². The lowest BCUT2D eigenvalue weighted by atomic mass is 9.81. The highest BCUT2D eigenvalue weighted by Gasteiger charge is 2.42. The second-order valence-electron chi connectivity index (χ2n) is 3.99. The Morgan fingerprint density at radius 2 is 2.36 bits per heavy atom. The first kappa shape index (κ1) is 7.56. The van der Waals surface area contributed by atoms with E-state index in [9.17, 15) is 0 Å². The molecular formula is C9H17NO. The van der Waals surface area contributed by atoms with E-state index in [0.29, 0.717) is 18.1 Å². The van der Waals surface area contributed by atoms with E-state index in [1.54, 1.807) is 0 Å². The van der Waals surface area contributed by atoms with Crippen LogP contribution in [0.2, 0.25) is 0 Å². The Morgan fingerprint density at radius 1 is 1.55 bits per heavy atom. The highest BCUT2D eigenvalue weighted by molar-refractivity contribution is 4.91. The zero-order valence-corrected chi connectivity index (χ0v) is 7.12. The number of rotatable bonds is 2. The van der Waals surface area contributed by atoms with Crippen molar-refractivity contribution >= 4 is 0 Å². The molecule has 11 heavy (non-hydrogen) atoms. The third-order valence-corrected chi connectivity index (χ3v) is 3.26. The first-order valence-corrected chi connectivity index (χ1v) is 4.66. The lowest BCUT2D eigenvalue weighted by molar-refractivity contribution is 0.0842. The van der Waals surface area contributed by atoms with Gasteiger partial charge in [-0.25, -0.2) is 0 Å². The van der Waals surface area contributed by atoms with Crippen LogP contribution in [0.3, 0.4) is 0 Å². The standard InChI is InChI=1S/C9H17NO/c1-6(5-10)8-4-7-2-3-9(8)11-7/h6-9H,2-5,10H2,1H3. The van der Waals surface area contributed by atoms with Gasteiger partial charge in [0, 0.05) is 0 Å². The topological polar surface area (TPSA) is 35.2 Å². The highest BCUT2D eigenvalue weighted by Crippen LogP contribution is 2.41. The van der Waals surface area contributed by atoms with Crippen LogP contribution in [-0.2, 0) is 4.74 Å². The van der Waals surface area contributed by atoms with E-state index in [-0.39, 0.29) is 0 Å². The van der Waals surface area contributed by atoms with Gasteiger partial charge < -0.3 is 10.5 Å². The maximum absolute atomic E-state index is 5.75. The molecule has 2 heterocycles. The maximum atomic E-state index is 5.75. The Balaban J connectivity index is 1.96. The van der Waals surface area contributed by atoms with Crippen molar-refractivity contribution in [2.75, 3.05) is 6.54 Å². The van der Waals surface area contributed by atoms with Crippen LogP contribution in [0.4, 0.5) is 0 Å². The van der Waals surface area contributed by atoms with Crippen LogP contribution >= 0.6 is 0 Å². The van der Waals surface area contributed by atoms with Crippen LogP contribution in [-0.4, -0.2) is 18.8 Å². The van der Waals surface area contributed by atoms with Gasteiger partial charge in [0.05, 0.1) is 12.2 Å². The minimum absolute atomic E-state index is 0.554. The second-order valence-corrected chi connectivity index (χ2v) is 3.99. The molecule has 0 aliphatic carbocycles. The van der Waals surface area contributed by atoms with Crippen molar-refractivity contribution in [1.82, 2.24) is 0 Å². The smallest absolute Gasteiger partial charge is 0.0612 e. The van der Waals surface area contributed by atoms with E-state index >= 15 is 0 Å². The number of hydrogen-bond acceptors (Lipinski definition) is 2. The van der Waals surface area contributed by atoms with Crippen molar-refractivity contribution in [3.8, 4) is 0 Å². The van der Waals surface area contributed by atoms with Gasteiger partial charge >= 0.3 is 0 Å². The largest absolute Gasteiger partial charge is 0.375 e. The molecule has 2 rings (SSSR count). The van der Waals surface area contributed by atoms with E-state index in [1.807, 2.05) is 0 Å². The summed E-state index contributed by atoms with van der Waals surface area (Å²) in [5, 5.41) is 0. The Morgan fingerprint density at radius 3 is 2.82 bits per heavy atom. The van der Waals surface area contributed by atoms with Gasteiger partial charge in [-0.05, 0) is 37.6 Å². The van der Waals surface area contributed by atoms with Gasteiger partial charge in [0.2, 0.25) is 0 Å². The van der Waals surface area contributed by atoms with E-state index < -0.39 is 0 Å². The fourth-order valence-electron chi connectivity index (χ4n) is 2.45. The first-order valence-electron chi connectivity index (χ1n) is 4.66. The predicted molar refractivity (Wildman–Crippen MR) is 44.2 cm³/mol. The van der Waals surface area contributed by atoms with Crippen LogP contribution in [0.1, 0.15) is 26.2 Å². The van der Waals surface area contributed by atoms with Gasteiger partial charge in [0.1, 0.15) is 0 Å². The molecule has 0 spiro atoms. The third-order valence-electron chi connectivity index (χ3n) is 3.26. The lowest BCUT2D eigenvalue weighted by Crippen LogP contribution is -2.28. The summed E-state index contributed by atoms with van der Waals surface area (Å²) in [7, 11) is 0. The minimum Gasteiger partial charge on any atom is -0.375 e. The maximum Gasteiger partial charge on any atom is 0.0612 e. The quantitative estimate of drug-likeness (QED) is 0.649. The minimum atomic E-state index is 0.554. The molecule has 0 aromatic carbocycles. The number of nitrogens with two attached hydrogens (primary N) is 1. The third kappa shape index (κ3) is 1.18. The molecule has 2 saturated heterocycles. The Kier molecular flexibility index (Phi) is 1.90. The molecule has 4 atom stereocenters. The van der Waals surface area contributed by atoms with E-state index in [0.717, 1.165) is 12.5 Å². The molecule has 2 bridgehead atoms. The SMILES string of the molecule is CC(CN)C1CC2CCC1O2. The molecule has 4 unspecified atom stereocenters. The second kappa shape index (κ2) is 2.76. The number of ether oxygens (including phenoxy) is 1. The van der Waals surface area contributed by atoms with Crippen molar-refractivity contribution in [3.63, 3.8) is 0 Å². The summed E-state index contributed by atoms with van der Waals surface area (Å²) in [6, 6.07) is 0. The molecule has 0 aromatic rings.